The molecule has 3 fully saturated rings. The van der Waals surface area contributed by atoms with Crippen molar-refractivity contribution >= 4 is 11.7 Å². The van der Waals surface area contributed by atoms with E-state index in [4.69, 9.17) is 5.73 Å². The van der Waals surface area contributed by atoms with E-state index in [9.17, 15) is 15.1 Å². The summed E-state index contributed by atoms with van der Waals surface area (Å²) >= 11 is 0. The number of fused-ring (bicyclic) bond motifs is 4. The average Bonchev–Trinajstić information content (AvgIpc) is 2.66. The van der Waals surface area contributed by atoms with E-state index >= 15 is 0 Å². The van der Waals surface area contributed by atoms with Crippen LogP contribution in [0.25, 0.3) is 0 Å². The summed E-state index contributed by atoms with van der Waals surface area (Å²) in [6, 6.07) is 2.75. The van der Waals surface area contributed by atoms with Crippen LogP contribution in [0.5, 0.6) is 0 Å². The average molecular weight is 373 g/mol. The predicted octanol–water partition coefficient (Wildman–Crippen LogP) is 3.12. The van der Waals surface area contributed by atoms with Crippen molar-refractivity contribution in [2.45, 2.75) is 70.9 Å². The van der Waals surface area contributed by atoms with E-state index in [1.54, 1.807) is 12.1 Å². The van der Waals surface area contributed by atoms with Gasteiger partial charge in [-0.25, -0.2) is 10.0 Å². The van der Waals surface area contributed by atoms with Crippen molar-refractivity contribution in [1.82, 2.24) is 4.98 Å². The van der Waals surface area contributed by atoms with Gasteiger partial charge < -0.3 is 10.8 Å². The van der Waals surface area contributed by atoms with Crippen molar-refractivity contribution in [1.29, 1.82) is 0 Å². The Bertz CT molecular complexity index is 750. The van der Waals surface area contributed by atoms with Crippen LogP contribution in [0.4, 0.5) is 5.82 Å². The van der Waals surface area contributed by atoms with Crippen LogP contribution in [-0.2, 0) is 0 Å². The Balaban J connectivity index is 1.59. The van der Waals surface area contributed by atoms with Gasteiger partial charge in [0.2, 0.25) is 5.91 Å². The maximum atomic E-state index is 11.6. The quantitative estimate of drug-likeness (QED) is 0.707. The van der Waals surface area contributed by atoms with Crippen LogP contribution in [0.3, 0.4) is 0 Å². The summed E-state index contributed by atoms with van der Waals surface area (Å²) < 4.78 is 0. The van der Waals surface area contributed by atoms with E-state index in [1.165, 1.54) is 12.6 Å². The fourth-order valence-corrected chi connectivity index (χ4v) is 6.36. The van der Waals surface area contributed by atoms with E-state index in [0.717, 1.165) is 30.7 Å². The van der Waals surface area contributed by atoms with Crippen molar-refractivity contribution < 1.29 is 15.1 Å². The van der Waals surface area contributed by atoms with Gasteiger partial charge in [-0.2, -0.15) is 0 Å². The number of carbonyl (C=O) groups excluding carboxylic acids is 1. The highest BCUT2D eigenvalue weighted by Gasteiger charge is 2.62. The third-order valence-electron chi connectivity index (χ3n) is 7.90. The molecule has 0 spiro atoms. The molecule has 1 aromatic rings. The number of nitrogens with zero attached hydrogens (tertiary/aromatic N) is 2. The third kappa shape index (κ3) is 2.85. The lowest BCUT2D eigenvalue weighted by Crippen LogP contribution is -2.59. The number of nitrogens with two attached hydrogens (primary N) is 1. The Morgan fingerprint density at radius 2 is 1.96 bits per heavy atom. The smallest absolute Gasteiger partial charge is 0.250 e. The van der Waals surface area contributed by atoms with Crippen LogP contribution >= 0.6 is 0 Å². The van der Waals surface area contributed by atoms with Gasteiger partial charge >= 0.3 is 0 Å². The third-order valence-corrected chi connectivity index (χ3v) is 7.90. The molecule has 0 aliphatic heterocycles. The largest absolute Gasteiger partial charge is 0.388 e. The first kappa shape index (κ1) is 18.7. The second-order valence-electron chi connectivity index (χ2n) is 10.0. The van der Waals surface area contributed by atoms with Gasteiger partial charge in [-0.05, 0) is 73.3 Å². The molecule has 4 N–H and O–H groups in total. The normalized spacial score (nSPS) is 39.7. The van der Waals surface area contributed by atoms with E-state index < -0.39 is 17.6 Å². The molecule has 6 nitrogen and oxygen atoms in total. The molecular formula is C21H31N3O3. The van der Waals surface area contributed by atoms with Crippen molar-refractivity contribution in [2.75, 3.05) is 5.06 Å². The molecule has 1 heterocycles. The molecule has 0 radical (unpaired) electrons. The number of pyridine rings is 1. The van der Waals surface area contributed by atoms with Gasteiger partial charge in [0, 0.05) is 6.20 Å². The van der Waals surface area contributed by atoms with Crippen molar-refractivity contribution in [3.05, 3.63) is 23.9 Å². The summed E-state index contributed by atoms with van der Waals surface area (Å²) in [6.07, 6.45) is 6.75. The molecule has 3 aliphatic carbocycles. The van der Waals surface area contributed by atoms with E-state index in [1.807, 2.05) is 0 Å². The number of hydrogen-bond acceptors (Lipinski definition) is 5. The molecular weight excluding hydrogens is 342 g/mol. The minimum absolute atomic E-state index is 0.131. The van der Waals surface area contributed by atoms with E-state index in [2.05, 4.69) is 25.8 Å². The fraction of sp³-hybridized carbons (Fsp3) is 0.714. The lowest BCUT2D eigenvalue weighted by atomic mass is 9.46. The van der Waals surface area contributed by atoms with Crippen LogP contribution in [-0.4, -0.2) is 32.8 Å². The molecule has 1 amide bonds. The predicted molar refractivity (Wildman–Crippen MR) is 102 cm³/mol. The fourth-order valence-electron chi connectivity index (χ4n) is 6.36. The maximum Gasteiger partial charge on any atom is 0.250 e. The molecule has 4 rings (SSSR count). The number of aromatic nitrogens is 1. The summed E-state index contributed by atoms with van der Waals surface area (Å²) in [6.45, 7) is 7.02. The van der Waals surface area contributed by atoms with E-state index in [-0.39, 0.29) is 5.41 Å². The van der Waals surface area contributed by atoms with Gasteiger partial charge in [0.15, 0.2) is 5.82 Å². The van der Waals surface area contributed by atoms with Gasteiger partial charge in [-0.3, -0.25) is 10.0 Å². The number of hydroxylamine groups is 1. The van der Waals surface area contributed by atoms with Crippen LogP contribution in [0.15, 0.2) is 18.3 Å². The summed E-state index contributed by atoms with van der Waals surface area (Å²) in [5, 5.41) is 23.6. The molecule has 3 aliphatic rings. The Hall–Kier alpha value is -1.66. The molecule has 6 heteroatoms. The Labute approximate surface area is 160 Å². The summed E-state index contributed by atoms with van der Waals surface area (Å²) in [4.78, 5) is 15.4. The number of primary amides is 1. The second kappa shape index (κ2) is 5.92. The lowest BCUT2D eigenvalue weighted by molar-refractivity contribution is -0.123. The van der Waals surface area contributed by atoms with Crippen LogP contribution in [0.2, 0.25) is 0 Å². The second-order valence-corrected chi connectivity index (χ2v) is 10.0. The molecule has 5 atom stereocenters. The molecule has 0 unspecified atom stereocenters. The Kier molecular flexibility index (Phi) is 4.10. The molecule has 2 bridgehead atoms. The number of anilines is 1. The first-order valence-electron chi connectivity index (χ1n) is 10.0. The zero-order chi connectivity index (χ0) is 19.6. The monoisotopic (exact) mass is 373 g/mol. The number of rotatable bonds is 3. The summed E-state index contributed by atoms with van der Waals surface area (Å²) in [5.41, 5.74) is 5.11. The molecule has 148 valence electrons. The van der Waals surface area contributed by atoms with Gasteiger partial charge in [-0.15, -0.1) is 0 Å². The van der Waals surface area contributed by atoms with Crippen molar-refractivity contribution in [3.63, 3.8) is 0 Å². The van der Waals surface area contributed by atoms with Crippen molar-refractivity contribution in [2.24, 2.45) is 28.4 Å². The maximum absolute atomic E-state index is 11.6. The number of carbonyl (C=O) groups is 1. The Morgan fingerprint density at radius 3 is 2.56 bits per heavy atom. The summed E-state index contributed by atoms with van der Waals surface area (Å²) in [5.74, 6) is 1.11. The topological polar surface area (TPSA) is 99.7 Å². The van der Waals surface area contributed by atoms with Crippen LogP contribution in [0, 0.1) is 22.7 Å². The zero-order valence-electron chi connectivity index (χ0n) is 16.5. The first-order valence-corrected chi connectivity index (χ1v) is 10.0. The highest BCUT2D eigenvalue weighted by Crippen LogP contribution is 2.66. The summed E-state index contributed by atoms with van der Waals surface area (Å²) in [7, 11) is 0. The highest BCUT2D eigenvalue weighted by molar-refractivity contribution is 5.92. The minimum atomic E-state index is -0.931. The molecule has 0 aromatic carbocycles. The number of amides is 1. The van der Waals surface area contributed by atoms with Gasteiger partial charge in [0.1, 0.15) is 0 Å². The van der Waals surface area contributed by atoms with Gasteiger partial charge in [0.05, 0.1) is 17.2 Å². The number of hydrogen-bond donors (Lipinski definition) is 3. The van der Waals surface area contributed by atoms with Gasteiger partial charge in [-0.1, -0.05) is 20.8 Å². The molecule has 3 saturated carbocycles. The highest BCUT2D eigenvalue weighted by atomic mass is 16.5. The van der Waals surface area contributed by atoms with Crippen molar-refractivity contribution in [3.8, 4) is 0 Å². The van der Waals surface area contributed by atoms with Crippen LogP contribution < -0.4 is 10.8 Å². The lowest BCUT2D eigenvalue weighted by Gasteiger charge is -2.59. The molecule has 27 heavy (non-hydrogen) atoms. The number of aliphatic hydroxyl groups is 1. The standard InChI is InChI=1S/C21H31N3O3/c1-19(2)10-15-14(19)6-9-21(26)12-20(15,3)8-7-16(21)24(27)17-5-4-13(11-23-17)18(22)25/h4-5,11,14-16,26-27H,6-10,12H2,1-3H3,(H2,22,25)/t14-,15+,16-,20+,21-/m1/s1. The molecule has 0 saturated heterocycles. The zero-order valence-corrected chi connectivity index (χ0v) is 16.5. The molecule has 1 aromatic heterocycles. The minimum Gasteiger partial charge on any atom is -0.388 e. The van der Waals surface area contributed by atoms with Gasteiger partial charge in [0.25, 0.3) is 0 Å². The SMILES string of the molecule is CC1(C)C[C@H]2[C@H]1CC[C@@]1(O)C[C@]2(C)CC[C@H]1N(O)c1ccc(C(N)=O)cn1. The van der Waals surface area contributed by atoms with Crippen LogP contribution in [0.1, 0.15) is 69.7 Å². The first-order chi connectivity index (χ1) is 12.6. The Morgan fingerprint density at radius 1 is 1.22 bits per heavy atom. The van der Waals surface area contributed by atoms with E-state index in [0.29, 0.717) is 35.1 Å².